The molecule has 0 radical (unpaired) electrons. The number of fused-ring (bicyclic) bond motifs is 1. The summed E-state index contributed by atoms with van der Waals surface area (Å²) in [6.07, 6.45) is 5.20. The fourth-order valence-electron chi connectivity index (χ4n) is 3.20. The molecule has 1 aromatic heterocycles. The number of rotatable bonds is 3. The zero-order valence-corrected chi connectivity index (χ0v) is 11.6. The number of hydrogen-bond acceptors (Lipinski definition) is 1. The molecule has 1 aliphatic rings. The molecule has 1 aliphatic carbocycles. The highest BCUT2D eigenvalue weighted by Crippen LogP contribution is 2.37. The van der Waals surface area contributed by atoms with Crippen LogP contribution in [-0.4, -0.2) is 9.67 Å². The Morgan fingerprint density at radius 1 is 1.41 bits per heavy atom. The summed E-state index contributed by atoms with van der Waals surface area (Å²) in [5.41, 5.74) is 4.07. The van der Waals surface area contributed by atoms with Crippen LogP contribution >= 0.6 is 0 Å². The second kappa shape index (κ2) is 4.49. The largest absolute Gasteiger partial charge is 0.388 e. The number of aryl methyl sites for hydroxylation is 1. The molecule has 0 aliphatic heterocycles. The van der Waals surface area contributed by atoms with E-state index in [1.165, 1.54) is 17.0 Å². The predicted octanol–water partition coefficient (Wildman–Crippen LogP) is 3.70. The molecule has 1 unspecified atom stereocenters. The lowest BCUT2D eigenvalue weighted by Gasteiger charge is -2.34. The summed E-state index contributed by atoms with van der Waals surface area (Å²) >= 11 is 0. The number of aromatic nitrogens is 1. The van der Waals surface area contributed by atoms with Gasteiger partial charge in [0.15, 0.2) is 0 Å². The van der Waals surface area contributed by atoms with Crippen molar-refractivity contribution in [1.82, 2.24) is 4.57 Å². The van der Waals surface area contributed by atoms with Crippen molar-refractivity contribution in [3.8, 4) is 0 Å². The Morgan fingerprint density at radius 2 is 2.06 bits per heavy atom. The molecule has 0 amide bonds. The van der Waals surface area contributed by atoms with E-state index in [-0.39, 0.29) is 11.6 Å². The van der Waals surface area contributed by atoms with Crippen LogP contribution in [0.2, 0.25) is 0 Å². The highest BCUT2D eigenvalue weighted by molar-refractivity contribution is 5.33. The van der Waals surface area contributed by atoms with Gasteiger partial charge in [0.25, 0.3) is 0 Å². The first-order valence-corrected chi connectivity index (χ1v) is 6.93. The third kappa shape index (κ3) is 1.93. The molecule has 2 heteroatoms. The van der Waals surface area contributed by atoms with Crippen molar-refractivity contribution in [3.63, 3.8) is 0 Å². The Hall–Kier alpha value is -0.760. The van der Waals surface area contributed by atoms with Crippen molar-refractivity contribution in [2.45, 2.75) is 71.4 Å². The third-order valence-corrected chi connectivity index (χ3v) is 4.63. The molecule has 0 saturated heterocycles. The van der Waals surface area contributed by atoms with E-state index in [0.717, 1.165) is 32.1 Å². The number of aliphatic hydroxyl groups is 1. The molecular formula is C15H25NO. The minimum Gasteiger partial charge on any atom is -0.388 e. The van der Waals surface area contributed by atoms with Crippen LogP contribution in [0.25, 0.3) is 0 Å². The number of aliphatic hydroxyl groups excluding tert-OH is 1. The average molecular weight is 235 g/mol. The van der Waals surface area contributed by atoms with Gasteiger partial charge in [0.2, 0.25) is 0 Å². The summed E-state index contributed by atoms with van der Waals surface area (Å²) < 4.78 is 2.49. The summed E-state index contributed by atoms with van der Waals surface area (Å²) in [5.74, 6) is 0. The standard InChI is InChI=1S/C15H25NO/c1-5-15(4,6-2)16-11(3)10-12-13(16)8-7-9-14(12)17/h10,14,17H,5-9H2,1-4H3. The molecule has 1 aromatic rings. The Morgan fingerprint density at radius 3 is 2.65 bits per heavy atom. The van der Waals surface area contributed by atoms with Gasteiger partial charge < -0.3 is 9.67 Å². The maximum Gasteiger partial charge on any atom is 0.0807 e. The van der Waals surface area contributed by atoms with Crippen molar-refractivity contribution in [2.75, 3.05) is 0 Å². The lowest BCUT2D eigenvalue weighted by atomic mass is 9.91. The van der Waals surface area contributed by atoms with Gasteiger partial charge in [-0.05, 0) is 52.0 Å². The smallest absolute Gasteiger partial charge is 0.0807 e. The minimum atomic E-state index is -0.239. The molecule has 2 nitrogen and oxygen atoms in total. The van der Waals surface area contributed by atoms with Gasteiger partial charge in [0.1, 0.15) is 0 Å². The Bertz CT molecular complexity index is 401. The fourth-order valence-corrected chi connectivity index (χ4v) is 3.20. The number of nitrogens with zero attached hydrogens (tertiary/aromatic N) is 1. The van der Waals surface area contributed by atoms with Crippen LogP contribution in [0.15, 0.2) is 6.07 Å². The van der Waals surface area contributed by atoms with Crippen LogP contribution in [-0.2, 0) is 12.0 Å². The van der Waals surface area contributed by atoms with Gasteiger partial charge in [0, 0.05) is 22.5 Å². The van der Waals surface area contributed by atoms with Gasteiger partial charge in [-0.3, -0.25) is 0 Å². The molecule has 1 atom stereocenters. The first-order chi connectivity index (χ1) is 8.03. The maximum atomic E-state index is 10.1. The third-order valence-electron chi connectivity index (χ3n) is 4.63. The molecule has 1 heterocycles. The topological polar surface area (TPSA) is 25.2 Å². The van der Waals surface area contributed by atoms with Gasteiger partial charge >= 0.3 is 0 Å². The molecule has 0 spiro atoms. The maximum absolute atomic E-state index is 10.1. The van der Waals surface area contributed by atoms with E-state index in [1.807, 2.05) is 0 Å². The van der Waals surface area contributed by atoms with Crippen molar-refractivity contribution in [3.05, 3.63) is 23.0 Å². The second-order valence-electron chi connectivity index (χ2n) is 5.64. The van der Waals surface area contributed by atoms with E-state index in [9.17, 15) is 5.11 Å². The Balaban J connectivity index is 2.55. The monoisotopic (exact) mass is 235 g/mol. The van der Waals surface area contributed by atoms with Crippen molar-refractivity contribution >= 4 is 0 Å². The van der Waals surface area contributed by atoms with Crippen LogP contribution in [0.1, 0.15) is 69.5 Å². The second-order valence-corrected chi connectivity index (χ2v) is 5.64. The van der Waals surface area contributed by atoms with Crippen LogP contribution in [0, 0.1) is 6.92 Å². The highest BCUT2D eigenvalue weighted by Gasteiger charge is 2.30. The summed E-state index contributed by atoms with van der Waals surface area (Å²) in [6, 6.07) is 2.20. The first kappa shape index (κ1) is 12.7. The highest BCUT2D eigenvalue weighted by atomic mass is 16.3. The van der Waals surface area contributed by atoms with E-state index in [0.29, 0.717) is 0 Å². The molecule has 0 saturated carbocycles. The van der Waals surface area contributed by atoms with Crippen LogP contribution < -0.4 is 0 Å². The minimum absolute atomic E-state index is 0.203. The van der Waals surface area contributed by atoms with Gasteiger partial charge in [0.05, 0.1) is 6.10 Å². The van der Waals surface area contributed by atoms with Crippen molar-refractivity contribution in [1.29, 1.82) is 0 Å². The summed E-state index contributed by atoms with van der Waals surface area (Å²) in [4.78, 5) is 0. The SMILES string of the molecule is CCC(C)(CC)n1c(C)cc2c1CCCC2O. The average Bonchev–Trinajstić information content (AvgIpc) is 2.67. The van der Waals surface area contributed by atoms with Crippen LogP contribution in [0.4, 0.5) is 0 Å². The molecular weight excluding hydrogens is 210 g/mol. The zero-order valence-electron chi connectivity index (χ0n) is 11.6. The molecule has 2 rings (SSSR count). The normalized spacial score (nSPS) is 20.4. The van der Waals surface area contributed by atoms with Gasteiger partial charge in [-0.1, -0.05) is 13.8 Å². The quantitative estimate of drug-likeness (QED) is 0.849. The molecule has 0 fully saturated rings. The Kier molecular flexibility index (Phi) is 3.35. The summed E-state index contributed by atoms with van der Waals surface area (Å²) in [7, 11) is 0. The lowest BCUT2D eigenvalue weighted by Crippen LogP contribution is -2.31. The fraction of sp³-hybridized carbons (Fsp3) is 0.733. The molecule has 0 aromatic carbocycles. The lowest BCUT2D eigenvalue weighted by molar-refractivity contribution is 0.153. The van der Waals surface area contributed by atoms with Crippen LogP contribution in [0.5, 0.6) is 0 Å². The molecule has 96 valence electrons. The Labute approximate surface area is 105 Å². The molecule has 0 bridgehead atoms. The van der Waals surface area contributed by atoms with E-state index in [4.69, 9.17) is 0 Å². The van der Waals surface area contributed by atoms with E-state index < -0.39 is 0 Å². The molecule has 17 heavy (non-hydrogen) atoms. The van der Waals surface area contributed by atoms with E-state index >= 15 is 0 Å². The summed E-state index contributed by atoms with van der Waals surface area (Å²) in [6.45, 7) is 9.03. The summed E-state index contributed by atoms with van der Waals surface area (Å²) in [5, 5.41) is 10.1. The predicted molar refractivity (Wildman–Crippen MR) is 71.3 cm³/mol. The van der Waals surface area contributed by atoms with Gasteiger partial charge in [-0.2, -0.15) is 0 Å². The van der Waals surface area contributed by atoms with E-state index in [2.05, 4.69) is 38.3 Å². The van der Waals surface area contributed by atoms with Crippen molar-refractivity contribution in [2.24, 2.45) is 0 Å². The molecule has 1 N–H and O–H groups in total. The van der Waals surface area contributed by atoms with Crippen LogP contribution in [0.3, 0.4) is 0 Å². The number of hydrogen-bond donors (Lipinski definition) is 1. The first-order valence-electron chi connectivity index (χ1n) is 6.93. The van der Waals surface area contributed by atoms with Gasteiger partial charge in [-0.25, -0.2) is 0 Å². The zero-order chi connectivity index (χ0) is 12.6. The van der Waals surface area contributed by atoms with Crippen molar-refractivity contribution < 1.29 is 5.11 Å². The van der Waals surface area contributed by atoms with E-state index in [1.54, 1.807) is 0 Å². The van der Waals surface area contributed by atoms with Gasteiger partial charge in [-0.15, -0.1) is 0 Å².